The summed E-state index contributed by atoms with van der Waals surface area (Å²) in [5.74, 6) is 0.918. The van der Waals surface area contributed by atoms with E-state index in [0.29, 0.717) is 33.0 Å². The highest BCUT2D eigenvalue weighted by molar-refractivity contribution is 8.00. The molecule has 4 aromatic rings. The van der Waals surface area contributed by atoms with Gasteiger partial charge in [0.1, 0.15) is 11.8 Å². The Bertz CT molecular complexity index is 1370. The van der Waals surface area contributed by atoms with Crippen LogP contribution in [-0.2, 0) is 4.79 Å². The Morgan fingerprint density at radius 2 is 1.85 bits per heavy atom. The highest BCUT2D eigenvalue weighted by Gasteiger charge is 2.23. The number of para-hydroxylation sites is 1. The van der Waals surface area contributed by atoms with Crippen molar-refractivity contribution in [3.05, 3.63) is 83.4 Å². The van der Waals surface area contributed by atoms with Crippen LogP contribution in [0.1, 0.15) is 12.5 Å². The monoisotopic (exact) mass is 489 g/mol. The van der Waals surface area contributed by atoms with E-state index in [2.05, 4.69) is 21.6 Å². The Morgan fingerprint density at radius 1 is 1.12 bits per heavy atom. The van der Waals surface area contributed by atoms with Gasteiger partial charge in [-0.15, -0.1) is 10.2 Å². The number of aromatic nitrogens is 3. The number of nitrogens with zero attached hydrogens (tertiary/aromatic N) is 4. The predicted octanol–water partition coefficient (Wildman–Crippen LogP) is 5.59. The standard InChI is InChI=1S/C25H20ClN5O2S/c1-16(24(32)28-21-11-7-6-10-18(21)15-27)34-25-30-29-23(17-8-4-3-5-9-17)31(25)19-12-13-22(33-2)20(26)14-19/h3-14,16H,1-2H3,(H,28,32). The predicted molar refractivity (Wildman–Crippen MR) is 133 cm³/mol. The second-order valence-electron chi connectivity index (χ2n) is 7.23. The number of methoxy groups -OCH3 is 1. The van der Waals surface area contributed by atoms with Crippen LogP contribution in [0.2, 0.25) is 5.02 Å². The number of benzene rings is 3. The number of nitriles is 1. The fourth-order valence-corrected chi connectivity index (χ4v) is 4.40. The first-order valence-electron chi connectivity index (χ1n) is 10.3. The van der Waals surface area contributed by atoms with Gasteiger partial charge in [0.05, 0.1) is 34.3 Å². The van der Waals surface area contributed by atoms with E-state index in [0.717, 1.165) is 11.3 Å². The molecule has 3 aromatic carbocycles. The zero-order valence-electron chi connectivity index (χ0n) is 18.4. The lowest BCUT2D eigenvalue weighted by molar-refractivity contribution is -0.115. The van der Waals surface area contributed by atoms with Gasteiger partial charge in [0.15, 0.2) is 11.0 Å². The molecule has 1 heterocycles. The second-order valence-corrected chi connectivity index (χ2v) is 8.95. The van der Waals surface area contributed by atoms with Crippen molar-refractivity contribution in [2.75, 3.05) is 12.4 Å². The first-order valence-corrected chi connectivity index (χ1v) is 11.6. The van der Waals surface area contributed by atoms with Crippen LogP contribution in [0.15, 0.2) is 78.0 Å². The molecule has 0 saturated carbocycles. The summed E-state index contributed by atoms with van der Waals surface area (Å²) in [6.07, 6.45) is 0. The van der Waals surface area contributed by atoms with Crippen LogP contribution in [0.4, 0.5) is 5.69 Å². The van der Waals surface area contributed by atoms with E-state index in [4.69, 9.17) is 16.3 Å². The van der Waals surface area contributed by atoms with Crippen molar-refractivity contribution in [1.29, 1.82) is 5.26 Å². The molecular formula is C25H20ClN5O2S. The maximum Gasteiger partial charge on any atom is 0.237 e. The number of anilines is 1. The van der Waals surface area contributed by atoms with Crippen molar-refractivity contribution in [2.45, 2.75) is 17.3 Å². The van der Waals surface area contributed by atoms with Crippen LogP contribution >= 0.6 is 23.4 Å². The number of carbonyl (C=O) groups is 1. The molecular weight excluding hydrogens is 470 g/mol. The van der Waals surface area contributed by atoms with E-state index in [9.17, 15) is 10.1 Å². The van der Waals surface area contributed by atoms with Crippen LogP contribution in [0, 0.1) is 11.3 Å². The zero-order valence-corrected chi connectivity index (χ0v) is 20.0. The number of thioether (sulfide) groups is 1. The SMILES string of the molecule is COc1ccc(-n2c(SC(C)C(=O)Nc3ccccc3C#N)nnc2-c2ccccc2)cc1Cl. The second kappa shape index (κ2) is 10.4. The molecule has 0 aliphatic rings. The van der Waals surface area contributed by atoms with Crippen molar-refractivity contribution < 1.29 is 9.53 Å². The Kier molecular flexibility index (Phi) is 7.16. The number of carbonyl (C=O) groups excluding carboxylic acids is 1. The average molecular weight is 490 g/mol. The summed E-state index contributed by atoms with van der Waals surface area (Å²) in [7, 11) is 1.56. The first-order chi connectivity index (χ1) is 16.5. The summed E-state index contributed by atoms with van der Waals surface area (Å²) < 4.78 is 7.14. The van der Waals surface area contributed by atoms with Crippen LogP contribution in [-0.4, -0.2) is 33.0 Å². The van der Waals surface area contributed by atoms with Crippen molar-refractivity contribution in [2.24, 2.45) is 0 Å². The molecule has 1 unspecified atom stereocenters. The molecule has 0 saturated heterocycles. The summed E-state index contributed by atoms with van der Waals surface area (Å²) in [6, 6.07) is 24.0. The van der Waals surface area contributed by atoms with Gasteiger partial charge >= 0.3 is 0 Å². The molecule has 1 amide bonds. The molecule has 9 heteroatoms. The third-order valence-corrected chi connectivity index (χ3v) is 6.35. The van der Waals surface area contributed by atoms with E-state index in [1.165, 1.54) is 11.8 Å². The van der Waals surface area contributed by atoms with Gasteiger partial charge in [0, 0.05) is 5.56 Å². The Morgan fingerprint density at radius 3 is 2.56 bits per heavy atom. The number of rotatable bonds is 7. The summed E-state index contributed by atoms with van der Waals surface area (Å²) in [5.41, 5.74) is 2.47. The number of nitrogens with one attached hydrogen (secondary N) is 1. The molecule has 0 aliphatic heterocycles. The summed E-state index contributed by atoms with van der Waals surface area (Å²) >= 11 is 7.65. The van der Waals surface area contributed by atoms with E-state index in [-0.39, 0.29) is 5.91 Å². The lowest BCUT2D eigenvalue weighted by Gasteiger charge is -2.15. The normalized spacial score (nSPS) is 11.5. The maximum atomic E-state index is 12.9. The van der Waals surface area contributed by atoms with Crippen LogP contribution in [0.5, 0.6) is 5.75 Å². The van der Waals surface area contributed by atoms with Crippen LogP contribution < -0.4 is 10.1 Å². The molecule has 0 bridgehead atoms. The highest BCUT2D eigenvalue weighted by atomic mass is 35.5. The maximum absolute atomic E-state index is 12.9. The molecule has 0 fully saturated rings. The Hall–Kier alpha value is -3.80. The number of ether oxygens (including phenoxy) is 1. The zero-order chi connectivity index (χ0) is 24.1. The van der Waals surface area contributed by atoms with Crippen molar-refractivity contribution in [3.8, 4) is 28.9 Å². The topological polar surface area (TPSA) is 92.8 Å². The lowest BCUT2D eigenvalue weighted by atomic mass is 10.2. The van der Waals surface area contributed by atoms with Gasteiger partial charge in [-0.25, -0.2) is 0 Å². The van der Waals surface area contributed by atoms with E-state index >= 15 is 0 Å². The highest BCUT2D eigenvalue weighted by Crippen LogP contribution is 2.33. The van der Waals surface area contributed by atoms with Gasteiger partial charge in [-0.2, -0.15) is 5.26 Å². The molecule has 4 rings (SSSR count). The van der Waals surface area contributed by atoms with Crippen LogP contribution in [0.3, 0.4) is 0 Å². The Balaban J connectivity index is 1.68. The molecule has 1 N–H and O–H groups in total. The molecule has 34 heavy (non-hydrogen) atoms. The molecule has 0 radical (unpaired) electrons. The summed E-state index contributed by atoms with van der Waals surface area (Å²) in [6.45, 7) is 1.77. The van der Waals surface area contributed by atoms with Gasteiger partial charge in [0.25, 0.3) is 0 Å². The first kappa shape index (κ1) is 23.4. The number of amides is 1. The van der Waals surface area contributed by atoms with Gasteiger partial charge in [0.2, 0.25) is 5.91 Å². The average Bonchev–Trinajstić information content (AvgIpc) is 3.28. The van der Waals surface area contributed by atoms with Crippen molar-refractivity contribution in [1.82, 2.24) is 14.8 Å². The van der Waals surface area contributed by atoms with Crippen LogP contribution in [0.25, 0.3) is 17.1 Å². The third-order valence-electron chi connectivity index (χ3n) is 5.02. The van der Waals surface area contributed by atoms with Gasteiger partial charge < -0.3 is 10.1 Å². The molecule has 170 valence electrons. The smallest absolute Gasteiger partial charge is 0.237 e. The van der Waals surface area contributed by atoms with Crippen molar-refractivity contribution >= 4 is 35.0 Å². The lowest BCUT2D eigenvalue weighted by Crippen LogP contribution is -2.23. The Labute approximate surface area is 206 Å². The van der Waals surface area contributed by atoms with Gasteiger partial charge in [-0.05, 0) is 37.3 Å². The fraction of sp³-hybridized carbons (Fsp3) is 0.120. The number of halogens is 1. The molecule has 0 aliphatic carbocycles. The fourth-order valence-electron chi connectivity index (χ4n) is 3.28. The number of hydrogen-bond acceptors (Lipinski definition) is 6. The summed E-state index contributed by atoms with van der Waals surface area (Å²) in [5, 5.41) is 21.3. The van der Waals surface area contributed by atoms with Gasteiger partial charge in [-0.3, -0.25) is 9.36 Å². The van der Waals surface area contributed by atoms with Crippen molar-refractivity contribution in [3.63, 3.8) is 0 Å². The molecule has 7 nitrogen and oxygen atoms in total. The molecule has 1 atom stereocenters. The minimum absolute atomic E-state index is 0.253. The largest absolute Gasteiger partial charge is 0.495 e. The molecule has 1 aromatic heterocycles. The quantitative estimate of drug-likeness (QED) is 0.340. The third kappa shape index (κ3) is 4.91. The minimum atomic E-state index is -0.521. The summed E-state index contributed by atoms with van der Waals surface area (Å²) in [4.78, 5) is 12.9. The van der Waals surface area contributed by atoms with E-state index in [1.54, 1.807) is 50.4 Å². The van der Waals surface area contributed by atoms with Gasteiger partial charge in [-0.1, -0.05) is 65.8 Å². The number of hydrogen-bond donors (Lipinski definition) is 1. The van der Waals surface area contributed by atoms with E-state index < -0.39 is 5.25 Å². The van der Waals surface area contributed by atoms with E-state index in [1.807, 2.05) is 41.0 Å². The molecule has 0 spiro atoms. The minimum Gasteiger partial charge on any atom is -0.495 e.